The van der Waals surface area contributed by atoms with Crippen molar-refractivity contribution in [2.75, 3.05) is 19.6 Å². The van der Waals surface area contributed by atoms with Crippen LogP contribution in [0.25, 0.3) is 0 Å². The average Bonchev–Trinajstić information content (AvgIpc) is 2.65. The summed E-state index contributed by atoms with van der Waals surface area (Å²) in [5.74, 6) is 0. The fraction of sp³-hybridized carbons (Fsp3) is 1.00. The molecule has 2 nitrogen and oxygen atoms in total. The van der Waals surface area contributed by atoms with Gasteiger partial charge in [0.2, 0.25) is 0 Å². The third-order valence-electron chi connectivity index (χ3n) is 3.06. The van der Waals surface area contributed by atoms with E-state index in [0.717, 1.165) is 19.1 Å². The summed E-state index contributed by atoms with van der Waals surface area (Å²) in [4.78, 5) is 2.61. The molecule has 1 aliphatic rings. The number of nitrogens with two attached hydrogens (primary N) is 1. The molecule has 1 rings (SSSR count). The quantitative estimate of drug-likeness (QED) is 0.684. The molecule has 0 saturated heterocycles. The first-order chi connectivity index (χ1) is 6.38. The van der Waals surface area contributed by atoms with Crippen LogP contribution in [0.15, 0.2) is 0 Å². The van der Waals surface area contributed by atoms with Crippen molar-refractivity contribution >= 4 is 0 Å². The smallest absolute Gasteiger partial charge is 0.0108 e. The second-order valence-corrected chi connectivity index (χ2v) is 4.12. The molecule has 78 valence electrons. The first kappa shape index (κ1) is 11.0. The van der Waals surface area contributed by atoms with Gasteiger partial charge in [-0.1, -0.05) is 26.2 Å². The van der Waals surface area contributed by atoms with E-state index in [1.807, 2.05) is 0 Å². The van der Waals surface area contributed by atoms with Gasteiger partial charge in [0.1, 0.15) is 0 Å². The normalized spacial score (nSPS) is 18.7. The Morgan fingerprint density at radius 2 is 1.92 bits per heavy atom. The summed E-state index contributed by atoms with van der Waals surface area (Å²) in [5, 5.41) is 0. The van der Waals surface area contributed by atoms with Gasteiger partial charge in [0, 0.05) is 19.1 Å². The number of hydrogen-bond donors (Lipinski definition) is 1. The highest BCUT2D eigenvalue weighted by atomic mass is 15.2. The van der Waals surface area contributed by atoms with E-state index in [-0.39, 0.29) is 0 Å². The van der Waals surface area contributed by atoms with Crippen LogP contribution in [0.5, 0.6) is 0 Å². The Bertz CT molecular complexity index is 119. The lowest BCUT2D eigenvalue weighted by Crippen LogP contribution is -2.37. The molecular formula is C11H24N2. The number of unbranched alkanes of at least 4 members (excludes halogenated alkanes) is 1. The molecule has 0 unspecified atom stereocenters. The molecule has 0 spiro atoms. The van der Waals surface area contributed by atoms with Crippen molar-refractivity contribution in [3.8, 4) is 0 Å². The standard InChI is InChI=1S/C11H24N2/c1-2-3-9-13(10-8-12)11-6-4-5-7-11/h11H,2-10,12H2,1H3. The van der Waals surface area contributed by atoms with Crippen LogP contribution in [0.2, 0.25) is 0 Å². The van der Waals surface area contributed by atoms with Gasteiger partial charge in [0.05, 0.1) is 0 Å². The molecule has 0 aromatic rings. The minimum Gasteiger partial charge on any atom is -0.329 e. The highest BCUT2D eigenvalue weighted by Crippen LogP contribution is 2.23. The monoisotopic (exact) mass is 184 g/mol. The molecule has 0 bridgehead atoms. The molecule has 0 aromatic carbocycles. The summed E-state index contributed by atoms with van der Waals surface area (Å²) in [6.07, 6.45) is 8.30. The molecule has 2 heteroatoms. The molecule has 1 fully saturated rings. The first-order valence-corrected chi connectivity index (χ1v) is 5.82. The van der Waals surface area contributed by atoms with Crippen LogP contribution < -0.4 is 5.73 Å². The van der Waals surface area contributed by atoms with Crippen molar-refractivity contribution in [1.82, 2.24) is 4.90 Å². The Hall–Kier alpha value is -0.0800. The predicted octanol–water partition coefficient (Wildman–Crippen LogP) is 1.99. The highest BCUT2D eigenvalue weighted by Gasteiger charge is 2.20. The van der Waals surface area contributed by atoms with Crippen LogP contribution in [0, 0.1) is 0 Å². The van der Waals surface area contributed by atoms with Crippen molar-refractivity contribution in [1.29, 1.82) is 0 Å². The average molecular weight is 184 g/mol. The van der Waals surface area contributed by atoms with Crippen LogP contribution in [0.3, 0.4) is 0 Å². The van der Waals surface area contributed by atoms with E-state index >= 15 is 0 Å². The van der Waals surface area contributed by atoms with Crippen molar-refractivity contribution in [2.24, 2.45) is 5.73 Å². The van der Waals surface area contributed by atoms with Gasteiger partial charge in [-0.3, -0.25) is 4.90 Å². The largest absolute Gasteiger partial charge is 0.329 e. The maximum atomic E-state index is 5.63. The van der Waals surface area contributed by atoms with E-state index in [0.29, 0.717) is 0 Å². The van der Waals surface area contributed by atoms with Crippen molar-refractivity contribution < 1.29 is 0 Å². The topological polar surface area (TPSA) is 29.3 Å². The minimum absolute atomic E-state index is 0.820. The van der Waals surface area contributed by atoms with Gasteiger partial charge < -0.3 is 5.73 Å². The second-order valence-electron chi connectivity index (χ2n) is 4.12. The lowest BCUT2D eigenvalue weighted by Gasteiger charge is -2.28. The Labute approximate surface area is 82.5 Å². The first-order valence-electron chi connectivity index (χ1n) is 5.82. The van der Waals surface area contributed by atoms with Gasteiger partial charge in [-0.05, 0) is 25.8 Å². The minimum atomic E-state index is 0.820. The summed E-state index contributed by atoms with van der Waals surface area (Å²) in [6.45, 7) is 5.44. The van der Waals surface area contributed by atoms with E-state index < -0.39 is 0 Å². The molecule has 0 amide bonds. The summed E-state index contributed by atoms with van der Waals surface area (Å²) < 4.78 is 0. The molecule has 0 aromatic heterocycles. The molecule has 2 N–H and O–H groups in total. The fourth-order valence-electron chi connectivity index (χ4n) is 2.27. The van der Waals surface area contributed by atoms with Gasteiger partial charge in [0.25, 0.3) is 0 Å². The van der Waals surface area contributed by atoms with Crippen molar-refractivity contribution in [2.45, 2.75) is 51.5 Å². The Kier molecular flexibility index (Phi) is 5.40. The van der Waals surface area contributed by atoms with Gasteiger partial charge in [-0.2, -0.15) is 0 Å². The van der Waals surface area contributed by atoms with Gasteiger partial charge in [-0.25, -0.2) is 0 Å². The lowest BCUT2D eigenvalue weighted by molar-refractivity contribution is 0.201. The van der Waals surface area contributed by atoms with Crippen LogP contribution in [-0.2, 0) is 0 Å². The summed E-state index contributed by atoms with van der Waals surface area (Å²) in [7, 11) is 0. The van der Waals surface area contributed by atoms with Crippen LogP contribution in [-0.4, -0.2) is 30.6 Å². The SMILES string of the molecule is CCCCN(CCN)C1CCCC1. The third kappa shape index (κ3) is 3.65. The van der Waals surface area contributed by atoms with E-state index in [9.17, 15) is 0 Å². The molecule has 0 radical (unpaired) electrons. The van der Waals surface area contributed by atoms with E-state index in [4.69, 9.17) is 5.73 Å². The number of rotatable bonds is 6. The molecule has 0 atom stereocenters. The Morgan fingerprint density at radius 1 is 1.23 bits per heavy atom. The molecule has 1 saturated carbocycles. The van der Waals surface area contributed by atoms with Crippen LogP contribution >= 0.6 is 0 Å². The van der Waals surface area contributed by atoms with E-state index in [2.05, 4.69) is 11.8 Å². The maximum Gasteiger partial charge on any atom is 0.0108 e. The predicted molar refractivity (Wildman–Crippen MR) is 57.8 cm³/mol. The van der Waals surface area contributed by atoms with Crippen molar-refractivity contribution in [3.63, 3.8) is 0 Å². The molecule has 13 heavy (non-hydrogen) atoms. The summed E-state index contributed by atoms with van der Waals surface area (Å²) in [6, 6.07) is 0.857. The van der Waals surface area contributed by atoms with Gasteiger partial charge >= 0.3 is 0 Å². The number of hydrogen-bond acceptors (Lipinski definition) is 2. The zero-order chi connectivity index (χ0) is 9.52. The van der Waals surface area contributed by atoms with Gasteiger partial charge in [-0.15, -0.1) is 0 Å². The molecule has 1 aliphatic carbocycles. The summed E-state index contributed by atoms with van der Waals surface area (Å²) >= 11 is 0. The third-order valence-corrected chi connectivity index (χ3v) is 3.06. The second kappa shape index (κ2) is 6.39. The highest BCUT2D eigenvalue weighted by molar-refractivity contribution is 4.77. The van der Waals surface area contributed by atoms with Crippen LogP contribution in [0.1, 0.15) is 45.4 Å². The Balaban J connectivity index is 2.26. The van der Waals surface area contributed by atoms with E-state index in [1.54, 1.807) is 0 Å². The maximum absolute atomic E-state index is 5.63. The van der Waals surface area contributed by atoms with E-state index in [1.165, 1.54) is 45.1 Å². The molecule has 0 heterocycles. The summed E-state index contributed by atoms with van der Waals surface area (Å²) in [5.41, 5.74) is 5.63. The zero-order valence-corrected chi connectivity index (χ0v) is 8.97. The molecule has 0 aliphatic heterocycles. The van der Waals surface area contributed by atoms with Crippen LogP contribution in [0.4, 0.5) is 0 Å². The molecular weight excluding hydrogens is 160 g/mol. The zero-order valence-electron chi connectivity index (χ0n) is 8.97. The van der Waals surface area contributed by atoms with Crippen molar-refractivity contribution in [3.05, 3.63) is 0 Å². The Morgan fingerprint density at radius 3 is 2.46 bits per heavy atom. The van der Waals surface area contributed by atoms with Gasteiger partial charge in [0.15, 0.2) is 0 Å². The number of nitrogens with zero attached hydrogens (tertiary/aromatic N) is 1. The lowest BCUT2D eigenvalue weighted by atomic mass is 10.2. The fourth-order valence-corrected chi connectivity index (χ4v) is 2.27.